The van der Waals surface area contributed by atoms with Crippen molar-refractivity contribution in [1.29, 1.82) is 0 Å². The van der Waals surface area contributed by atoms with E-state index in [2.05, 4.69) is 49.9 Å². The van der Waals surface area contributed by atoms with Gasteiger partial charge in [-0.3, -0.25) is 9.69 Å². The fourth-order valence-corrected chi connectivity index (χ4v) is 1.87. The van der Waals surface area contributed by atoms with E-state index in [-0.39, 0.29) is 6.42 Å². The summed E-state index contributed by atoms with van der Waals surface area (Å²) >= 11 is 0. The summed E-state index contributed by atoms with van der Waals surface area (Å²) in [5, 5.41) is 8.69. The van der Waals surface area contributed by atoms with Crippen molar-refractivity contribution in [3.8, 4) is 0 Å². The van der Waals surface area contributed by atoms with Crippen molar-refractivity contribution in [3.05, 3.63) is 35.4 Å². The molecule has 1 aromatic carbocycles. The number of carboxylic acid groups (broad SMARTS) is 1. The van der Waals surface area contributed by atoms with E-state index in [1.54, 1.807) is 0 Å². The second-order valence-corrected chi connectivity index (χ2v) is 4.91. The van der Waals surface area contributed by atoms with Crippen molar-refractivity contribution in [2.24, 2.45) is 0 Å². The van der Waals surface area contributed by atoms with Crippen molar-refractivity contribution < 1.29 is 9.90 Å². The predicted octanol–water partition coefficient (Wildman–Crippen LogP) is 3.11. The van der Waals surface area contributed by atoms with Gasteiger partial charge in [-0.15, -0.1) is 0 Å². The molecule has 0 saturated carbocycles. The number of carboxylic acids is 1. The standard InChI is InChI=1S/C15H23NO2/c1-4-16(10-9-15(17)18)11-13-5-7-14(8-6-13)12(2)3/h5-8,12H,4,9-11H2,1-3H3,(H,17,18). The Labute approximate surface area is 109 Å². The van der Waals surface area contributed by atoms with Crippen molar-refractivity contribution >= 4 is 5.97 Å². The zero-order valence-corrected chi connectivity index (χ0v) is 11.5. The van der Waals surface area contributed by atoms with Crippen LogP contribution in [-0.2, 0) is 11.3 Å². The highest BCUT2D eigenvalue weighted by Gasteiger charge is 2.06. The second-order valence-electron chi connectivity index (χ2n) is 4.91. The Hall–Kier alpha value is -1.35. The molecule has 0 aliphatic rings. The first-order valence-electron chi connectivity index (χ1n) is 6.56. The molecule has 0 radical (unpaired) electrons. The van der Waals surface area contributed by atoms with Gasteiger partial charge in [-0.05, 0) is 23.6 Å². The van der Waals surface area contributed by atoms with Gasteiger partial charge >= 0.3 is 5.97 Å². The zero-order valence-electron chi connectivity index (χ0n) is 11.5. The van der Waals surface area contributed by atoms with Gasteiger partial charge in [-0.1, -0.05) is 45.0 Å². The maximum Gasteiger partial charge on any atom is 0.304 e. The molecule has 3 nitrogen and oxygen atoms in total. The van der Waals surface area contributed by atoms with Crippen molar-refractivity contribution in [1.82, 2.24) is 4.90 Å². The molecule has 0 spiro atoms. The van der Waals surface area contributed by atoms with Gasteiger partial charge in [0.05, 0.1) is 6.42 Å². The molecule has 18 heavy (non-hydrogen) atoms. The van der Waals surface area contributed by atoms with Gasteiger partial charge in [0.25, 0.3) is 0 Å². The summed E-state index contributed by atoms with van der Waals surface area (Å²) in [5.41, 5.74) is 2.58. The van der Waals surface area contributed by atoms with Crippen molar-refractivity contribution in [3.63, 3.8) is 0 Å². The zero-order chi connectivity index (χ0) is 13.5. The Bertz CT molecular complexity index is 371. The fourth-order valence-electron chi connectivity index (χ4n) is 1.87. The monoisotopic (exact) mass is 249 g/mol. The number of hydrogen-bond acceptors (Lipinski definition) is 2. The Kier molecular flexibility index (Phi) is 5.86. The van der Waals surface area contributed by atoms with E-state index >= 15 is 0 Å². The van der Waals surface area contributed by atoms with Crippen LogP contribution in [0.1, 0.15) is 44.2 Å². The lowest BCUT2D eigenvalue weighted by molar-refractivity contribution is -0.137. The van der Waals surface area contributed by atoms with E-state index in [0.717, 1.165) is 13.1 Å². The lowest BCUT2D eigenvalue weighted by Gasteiger charge is -2.19. The fraction of sp³-hybridized carbons (Fsp3) is 0.533. The summed E-state index contributed by atoms with van der Waals surface area (Å²) in [6.45, 7) is 8.73. The highest BCUT2D eigenvalue weighted by molar-refractivity contribution is 5.66. The van der Waals surface area contributed by atoms with Crippen molar-refractivity contribution in [2.75, 3.05) is 13.1 Å². The van der Waals surface area contributed by atoms with Crippen LogP contribution in [0.4, 0.5) is 0 Å². The lowest BCUT2D eigenvalue weighted by atomic mass is 10.0. The minimum atomic E-state index is -0.733. The molecule has 100 valence electrons. The number of rotatable bonds is 7. The second kappa shape index (κ2) is 7.17. The summed E-state index contributed by atoms with van der Waals surface area (Å²) in [7, 11) is 0. The smallest absolute Gasteiger partial charge is 0.304 e. The molecular formula is C15H23NO2. The van der Waals surface area contributed by atoms with Gasteiger partial charge in [-0.2, -0.15) is 0 Å². The molecular weight excluding hydrogens is 226 g/mol. The maximum absolute atomic E-state index is 10.6. The highest BCUT2D eigenvalue weighted by Crippen LogP contribution is 2.15. The van der Waals surface area contributed by atoms with Crippen LogP contribution < -0.4 is 0 Å². The largest absolute Gasteiger partial charge is 0.481 e. The molecule has 0 aliphatic carbocycles. The Morgan fingerprint density at radius 3 is 2.33 bits per heavy atom. The van der Waals surface area contributed by atoms with Crippen LogP contribution >= 0.6 is 0 Å². The van der Waals surface area contributed by atoms with Gasteiger partial charge in [0.1, 0.15) is 0 Å². The van der Waals surface area contributed by atoms with Crippen LogP contribution in [0.5, 0.6) is 0 Å². The van der Waals surface area contributed by atoms with E-state index in [4.69, 9.17) is 5.11 Å². The van der Waals surface area contributed by atoms with Gasteiger partial charge in [0.15, 0.2) is 0 Å². The molecule has 0 heterocycles. The molecule has 0 fully saturated rings. The van der Waals surface area contributed by atoms with Gasteiger partial charge in [0.2, 0.25) is 0 Å². The number of benzene rings is 1. The summed E-state index contributed by atoms with van der Waals surface area (Å²) in [6, 6.07) is 8.59. The molecule has 1 N–H and O–H groups in total. The topological polar surface area (TPSA) is 40.5 Å². The SMILES string of the molecule is CCN(CCC(=O)O)Cc1ccc(C(C)C)cc1. The number of hydrogen-bond donors (Lipinski definition) is 1. The number of carbonyl (C=O) groups is 1. The van der Waals surface area contributed by atoms with Crippen LogP contribution in [0.3, 0.4) is 0 Å². The Morgan fingerprint density at radius 2 is 1.89 bits per heavy atom. The van der Waals surface area contributed by atoms with Gasteiger partial charge in [-0.25, -0.2) is 0 Å². The van der Waals surface area contributed by atoms with Crippen LogP contribution in [-0.4, -0.2) is 29.1 Å². The first kappa shape index (κ1) is 14.7. The van der Waals surface area contributed by atoms with Crippen LogP contribution in [0, 0.1) is 0 Å². The quantitative estimate of drug-likeness (QED) is 0.807. The minimum absolute atomic E-state index is 0.206. The average molecular weight is 249 g/mol. The third kappa shape index (κ3) is 4.88. The van der Waals surface area contributed by atoms with E-state index in [0.29, 0.717) is 12.5 Å². The summed E-state index contributed by atoms with van der Waals surface area (Å²) < 4.78 is 0. The number of nitrogens with zero attached hydrogens (tertiary/aromatic N) is 1. The molecule has 3 heteroatoms. The predicted molar refractivity (Wildman–Crippen MR) is 73.7 cm³/mol. The normalized spacial score (nSPS) is 11.2. The van der Waals surface area contributed by atoms with Gasteiger partial charge < -0.3 is 5.11 Å². The van der Waals surface area contributed by atoms with Gasteiger partial charge in [0, 0.05) is 13.1 Å². The molecule has 0 unspecified atom stereocenters. The minimum Gasteiger partial charge on any atom is -0.481 e. The van der Waals surface area contributed by atoms with Crippen LogP contribution in [0.25, 0.3) is 0 Å². The summed E-state index contributed by atoms with van der Waals surface area (Å²) in [4.78, 5) is 12.7. The highest BCUT2D eigenvalue weighted by atomic mass is 16.4. The molecule has 1 rings (SSSR count). The van der Waals surface area contributed by atoms with E-state index in [9.17, 15) is 4.79 Å². The Morgan fingerprint density at radius 1 is 1.28 bits per heavy atom. The van der Waals surface area contributed by atoms with E-state index in [1.807, 2.05) is 0 Å². The van der Waals surface area contributed by atoms with E-state index < -0.39 is 5.97 Å². The molecule has 0 amide bonds. The number of aliphatic carboxylic acids is 1. The molecule has 0 atom stereocenters. The van der Waals surface area contributed by atoms with E-state index in [1.165, 1.54) is 11.1 Å². The molecule has 1 aromatic rings. The third-order valence-corrected chi connectivity index (χ3v) is 3.14. The van der Waals surface area contributed by atoms with Crippen LogP contribution in [0.15, 0.2) is 24.3 Å². The average Bonchev–Trinajstić information content (AvgIpc) is 2.34. The third-order valence-electron chi connectivity index (χ3n) is 3.14. The first-order chi connectivity index (χ1) is 8.52. The summed E-state index contributed by atoms with van der Waals surface area (Å²) in [5.74, 6) is -0.183. The molecule has 0 aromatic heterocycles. The van der Waals surface area contributed by atoms with Crippen LogP contribution in [0.2, 0.25) is 0 Å². The summed E-state index contributed by atoms with van der Waals surface area (Å²) in [6.07, 6.45) is 0.206. The molecule has 0 bridgehead atoms. The first-order valence-corrected chi connectivity index (χ1v) is 6.56. The molecule has 0 aliphatic heterocycles. The Balaban J connectivity index is 2.56. The molecule has 0 saturated heterocycles. The lowest BCUT2D eigenvalue weighted by Crippen LogP contribution is -2.25. The van der Waals surface area contributed by atoms with Crippen molar-refractivity contribution in [2.45, 2.75) is 39.7 Å². The maximum atomic E-state index is 10.6.